The van der Waals surface area contributed by atoms with Crippen molar-refractivity contribution in [3.63, 3.8) is 0 Å². The minimum atomic E-state index is 0.454. The third kappa shape index (κ3) is 2.57. The van der Waals surface area contributed by atoms with Crippen molar-refractivity contribution in [2.24, 2.45) is 0 Å². The Morgan fingerprint density at radius 3 is 2.14 bits per heavy atom. The largest absolute Gasteiger partial charge is 0.314 e. The summed E-state index contributed by atoms with van der Waals surface area (Å²) in [4.78, 5) is 2.77. The predicted octanol–water partition coefficient (Wildman–Crippen LogP) is 3.25. The fourth-order valence-corrected chi connectivity index (χ4v) is 4.30. The van der Waals surface area contributed by atoms with Gasteiger partial charge in [0.25, 0.3) is 0 Å². The molecule has 1 N–H and O–H groups in total. The van der Waals surface area contributed by atoms with Crippen molar-refractivity contribution in [3.8, 4) is 0 Å². The summed E-state index contributed by atoms with van der Waals surface area (Å²) in [6.45, 7) is 3.50. The number of nitrogens with zero attached hydrogens (tertiary/aromatic N) is 1. The molecule has 0 saturated carbocycles. The zero-order chi connectivity index (χ0) is 14.8. The van der Waals surface area contributed by atoms with Crippen LogP contribution in [0.1, 0.15) is 29.9 Å². The van der Waals surface area contributed by atoms with E-state index in [-0.39, 0.29) is 0 Å². The van der Waals surface area contributed by atoms with Crippen LogP contribution in [0.15, 0.2) is 60.7 Å². The lowest BCUT2D eigenvalue weighted by Gasteiger charge is -2.43. The van der Waals surface area contributed by atoms with Crippen LogP contribution in [0.5, 0.6) is 0 Å². The third-order valence-corrected chi connectivity index (χ3v) is 5.28. The first-order chi connectivity index (χ1) is 10.9. The fraction of sp³-hybridized carbons (Fsp3) is 0.400. The van der Waals surface area contributed by atoms with Gasteiger partial charge in [-0.25, -0.2) is 0 Å². The molecule has 2 heteroatoms. The van der Waals surface area contributed by atoms with Crippen molar-refractivity contribution < 1.29 is 0 Å². The molecule has 22 heavy (non-hydrogen) atoms. The predicted molar refractivity (Wildman–Crippen MR) is 91.1 cm³/mol. The number of fused-ring (bicyclic) bond motifs is 1. The van der Waals surface area contributed by atoms with E-state index >= 15 is 0 Å². The van der Waals surface area contributed by atoms with Crippen LogP contribution in [0.4, 0.5) is 0 Å². The van der Waals surface area contributed by atoms with Gasteiger partial charge in [-0.15, -0.1) is 0 Å². The molecule has 2 aromatic carbocycles. The summed E-state index contributed by atoms with van der Waals surface area (Å²) >= 11 is 0. The average molecular weight is 292 g/mol. The second-order valence-corrected chi connectivity index (χ2v) is 6.56. The lowest BCUT2D eigenvalue weighted by molar-refractivity contribution is 0.125. The van der Waals surface area contributed by atoms with Gasteiger partial charge in [0, 0.05) is 31.1 Å². The van der Waals surface area contributed by atoms with Gasteiger partial charge >= 0.3 is 0 Å². The molecule has 2 atom stereocenters. The first-order valence-corrected chi connectivity index (χ1v) is 8.50. The van der Waals surface area contributed by atoms with Crippen molar-refractivity contribution in [1.29, 1.82) is 0 Å². The van der Waals surface area contributed by atoms with Gasteiger partial charge in [-0.2, -0.15) is 0 Å². The molecule has 0 spiro atoms. The number of benzene rings is 2. The molecule has 0 bridgehead atoms. The highest BCUT2D eigenvalue weighted by Crippen LogP contribution is 2.35. The fourth-order valence-electron chi connectivity index (χ4n) is 4.30. The summed E-state index contributed by atoms with van der Waals surface area (Å²) in [6, 6.07) is 23.4. The Morgan fingerprint density at radius 1 is 0.864 bits per heavy atom. The Hall–Kier alpha value is -1.64. The molecule has 114 valence electrons. The summed E-state index contributed by atoms with van der Waals surface area (Å²) in [5.74, 6) is 0.454. The van der Waals surface area contributed by atoms with Crippen LogP contribution < -0.4 is 5.32 Å². The van der Waals surface area contributed by atoms with Gasteiger partial charge in [0.2, 0.25) is 0 Å². The van der Waals surface area contributed by atoms with Crippen molar-refractivity contribution in [3.05, 3.63) is 71.8 Å². The number of hydrogen-bond acceptors (Lipinski definition) is 2. The molecule has 0 aliphatic carbocycles. The van der Waals surface area contributed by atoms with Crippen LogP contribution in [0, 0.1) is 0 Å². The minimum absolute atomic E-state index is 0.454. The van der Waals surface area contributed by atoms with Gasteiger partial charge in [0.05, 0.1) is 0 Å². The van der Waals surface area contributed by atoms with Crippen molar-refractivity contribution in [1.82, 2.24) is 10.2 Å². The maximum absolute atomic E-state index is 3.68. The molecule has 2 heterocycles. The highest BCUT2D eigenvalue weighted by atomic mass is 15.3. The maximum Gasteiger partial charge on any atom is 0.0333 e. The molecular weight excluding hydrogens is 268 g/mol. The third-order valence-electron chi connectivity index (χ3n) is 5.28. The van der Waals surface area contributed by atoms with E-state index in [2.05, 4.69) is 70.9 Å². The van der Waals surface area contributed by atoms with E-state index in [1.54, 1.807) is 0 Å². The Bertz CT molecular complexity index is 556. The second-order valence-electron chi connectivity index (χ2n) is 6.56. The molecule has 2 nitrogen and oxygen atoms in total. The van der Waals surface area contributed by atoms with E-state index in [1.165, 1.54) is 30.5 Å². The van der Waals surface area contributed by atoms with Crippen LogP contribution in [0.2, 0.25) is 0 Å². The lowest BCUT2D eigenvalue weighted by atomic mass is 9.83. The second kappa shape index (κ2) is 6.23. The molecule has 2 saturated heterocycles. The molecule has 2 aromatic rings. The standard InChI is InChI=1S/C20H24N2/c1-3-8-16(9-4-1)20(17-10-5-2-6-11-17)19-15-21-14-18-12-7-13-22(18)19/h1-6,8-11,18-21H,7,12-15H2/t18-,19?/m0/s1. The first-order valence-electron chi connectivity index (χ1n) is 8.50. The Kier molecular flexibility index (Phi) is 3.96. The lowest BCUT2D eigenvalue weighted by Crippen LogP contribution is -2.56. The number of rotatable bonds is 3. The normalized spacial score (nSPS) is 25.3. The van der Waals surface area contributed by atoms with Gasteiger partial charge in [-0.1, -0.05) is 60.7 Å². The number of nitrogens with one attached hydrogen (secondary N) is 1. The van der Waals surface area contributed by atoms with Crippen LogP contribution >= 0.6 is 0 Å². The molecule has 0 amide bonds. The Morgan fingerprint density at radius 2 is 1.50 bits per heavy atom. The van der Waals surface area contributed by atoms with Crippen molar-refractivity contribution >= 4 is 0 Å². The zero-order valence-corrected chi connectivity index (χ0v) is 13.0. The van der Waals surface area contributed by atoms with E-state index in [4.69, 9.17) is 0 Å². The molecule has 2 fully saturated rings. The average Bonchev–Trinajstić information content (AvgIpc) is 3.07. The molecule has 2 aliphatic rings. The van der Waals surface area contributed by atoms with E-state index in [9.17, 15) is 0 Å². The number of hydrogen-bond donors (Lipinski definition) is 1. The summed E-state index contributed by atoms with van der Waals surface area (Å²) in [6.07, 6.45) is 2.69. The van der Waals surface area contributed by atoms with E-state index in [0.29, 0.717) is 12.0 Å². The molecule has 0 radical (unpaired) electrons. The maximum atomic E-state index is 3.68. The number of piperazine rings is 1. The smallest absolute Gasteiger partial charge is 0.0333 e. The van der Waals surface area contributed by atoms with Crippen molar-refractivity contribution in [2.75, 3.05) is 19.6 Å². The quantitative estimate of drug-likeness (QED) is 0.934. The van der Waals surface area contributed by atoms with Gasteiger partial charge in [0.15, 0.2) is 0 Å². The Balaban J connectivity index is 1.74. The summed E-state index contributed by atoms with van der Waals surface area (Å²) in [7, 11) is 0. The summed E-state index contributed by atoms with van der Waals surface area (Å²) in [5, 5.41) is 3.68. The van der Waals surface area contributed by atoms with Gasteiger partial charge < -0.3 is 5.32 Å². The minimum Gasteiger partial charge on any atom is -0.314 e. The first kappa shape index (κ1) is 14.0. The van der Waals surface area contributed by atoms with Crippen molar-refractivity contribution in [2.45, 2.75) is 30.8 Å². The van der Waals surface area contributed by atoms with E-state index < -0.39 is 0 Å². The highest BCUT2D eigenvalue weighted by Gasteiger charge is 2.38. The van der Waals surface area contributed by atoms with Crippen LogP contribution in [-0.2, 0) is 0 Å². The van der Waals surface area contributed by atoms with Crippen LogP contribution in [0.25, 0.3) is 0 Å². The van der Waals surface area contributed by atoms with Crippen LogP contribution in [0.3, 0.4) is 0 Å². The summed E-state index contributed by atoms with van der Waals surface area (Å²) < 4.78 is 0. The monoisotopic (exact) mass is 292 g/mol. The van der Waals surface area contributed by atoms with Crippen LogP contribution in [-0.4, -0.2) is 36.6 Å². The Labute approximate surface area is 133 Å². The molecule has 0 aromatic heterocycles. The SMILES string of the molecule is c1ccc(C(c2ccccc2)C2CNC[C@@H]3CCCN23)cc1. The van der Waals surface area contributed by atoms with Gasteiger partial charge in [-0.3, -0.25) is 4.90 Å². The van der Waals surface area contributed by atoms with Gasteiger partial charge in [0.1, 0.15) is 0 Å². The molecule has 4 rings (SSSR count). The molecule has 2 aliphatic heterocycles. The highest BCUT2D eigenvalue weighted by molar-refractivity contribution is 5.35. The topological polar surface area (TPSA) is 15.3 Å². The zero-order valence-electron chi connectivity index (χ0n) is 13.0. The van der Waals surface area contributed by atoms with Gasteiger partial charge in [-0.05, 0) is 30.5 Å². The van der Waals surface area contributed by atoms with E-state index in [1.807, 2.05) is 0 Å². The molecular formula is C20H24N2. The van der Waals surface area contributed by atoms with E-state index in [0.717, 1.165) is 19.1 Å². The summed E-state index contributed by atoms with van der Waals surface area (Å²) in [5.41, 5.74) is 2.88. The molecule has 1 unspecified atom stereocenters.